The molecular weight excluding hydrogens is 536 g/mol. The van der Waals surface area contributed by atoms with Crippen LogP contribution in [0.15, 0.2) is 34.0 Å². The lowest BCUT2D eigenvalue weighted by molar-refractivity contribution is -0.331. The van der Waals surface area contributed by atoms with Gasteiger partial charge in [-0.1, -0.05) is 20.8 Å². The highest BCUT2D eigenvalue weighted by Crippen LogP contribution is 2.63. The van der Waals surface area contributed by atoms with Crippen LogP contribution < -0.4 is 0 Å². The number of Topliss-reactive ketones (excluding diaryl/α,β-unsaturated/α-hetero) is 1. The molecule has 0 spiro atoms. The zero-order valence-corrected chi connectivity index (χ0v) is 23.8. The van der Waals surface area contributed by atoms with Crippen molar-refractivity contribution in [1.82, 2.24) is 0 Å². The van der Waals surface area contributed by atoms with E-state index in [9.17, 15) is 34.8 Å². The summed E-state index contributed by atoms with van der Waals surface area (Å²) in [7, 11) is 0. The molecule has 11 heteroatoms. The van der Waals surface area contributed by atoms with Crippen molar-refractivity contribution in [2.75, 3.05) is 6.61 Å². The van der Waals surface area contributed by atoms with Crippen molar-refractivity contribution in [2.24, 2.45) is 16.7 Å². The van der Waals surface area contributed by atoms with Gasteiger partial charge in [-0.15, -0.1) is 0 Å². The summed E-state index contributed by atoms with van der Waals surface area (Å²) in [6.45, 7) is 13.4. The third-order valence-corrected chi connectivity index (χ3v) is 10.2. The lowest BCUT2D eigenvalue weighted by Crippen LogP contribution is -2.78. The van der Waals surface area contributed by atoms with Gasteiger partial charge in [0.05, 0.1) is 24.9 Å². The van der Waals surface area contributed by atoms with Gasteiger partial charge in [-0.05, 0) is 50.0 Å². The molecule has 5 rings (SSSR count). The molecule has 11 nitrogen and oxygen atoms in total. The first-order valence-electron chi connectivity index (χ1n) is 13.9. The fourth-order valence-corrected chi connectivity index (χ4v) is 7.81. The highest BCUT2D eigenvalue weighted by atomic mass is 16.6. The summed E-state index contributed by atoms with van der Waals surface area (Å²) >= 11 is 0. The third kappa shape index (κ3) is 4.15. The molecule has 2 bridgehead atoms. The Balaban J connectivity index is 1.63. The molecule has 4 N–H and O–H groups in total. The molecular formula is C30H38O11. The minimum Gasteiger partial charge on any atom is -0.469 e. The monoisotopic (exact) mass is 574 g/mol. The molecule has 3 fully saturated rings. The van der Waals surface area contributed by atoms with E-state index in [2.05, 4.69) is 0 Å². The molecule has 1 unspecified atom stereocenters. The second-order valence-electron chi connectivity index (χ2n) is 12.8. The van der Waals surface area contributed by atoms with E-state index < -0.39 is 82.1 Å². The third-order valence-electron chi connectivity index (χ3n) is 10.2. The minimum absolute atomic E-state index is 0.120. The Morgan fingerprint density at radius 2 is 1.88 bits per heavy atom. The van der Waals surface area contributed by atoms with Gasteiger partial charge in [0.15, 0.2) is 11.9 Å². The van der Waals surface area contributed by atoms with E-state index in [1.807, 2.05) is 0 Å². The Morgan fingerprint density at radius 1 is 1.20 bits per heavy atom. The topological polar surface area (TPSA) is 173 Å². The van der Waals surface area contributed by atoms with Crippen LogP contribution in [0.5, 0.6) is 0 Å². The number of carbonyl (C=O) groups excluding carboxylic acids is 3. The van der Waals surface area contributed by atoms with Gasteiger partial charge < -0.3 is 39.1 Å². The number of carbonyl (C=O) groups is 3. The lowest BCUT2D eigenvalue weighted by Gasteiger charge is -2.66. The Morgan fingerprint density at radius 3 is 2.44 bits per heavy atom. The van der Waals surface area contributed by atoms with Gasteiger partial charge in [0, 0.05) is 30.1 Å². The molecule has 2 radical (unpaired) electrons. The first-order chi connectivity index (χ1) is 19.0. The van der Waals surface area contributed by atoms with E-state index in [1.54, 1.807) is 33.8 Å². The number of aliphatic hydroxyl groups is 4. The number of ether oxygens (including phenoxy) is 3. The molecule has 2 saturated carbocycles. The van der Waals surface area contributed by atoms with Crippen molar-refractivity contribution in [3.05, 3.63) is 42.2 Å². The van der Waals surface area contributed by atoms with Gasteiger partial charge in [-0.3, -0.25) is 9.59 Å². The van der Waals surface area contributed by atoms with Crippen molar-refractivity contribution >= 4 is 17.7 Å². The number of furan rings is 1. The molecule has 4 aliphatic rings. The van der Waals surface area contributed by atoms with Crippen LogP contribution in [0.3, 0.4) is 0 Å². The highest BCUT2D eigenvalue weighted by Gasteiger charge is 2.74. The van der Waals surface area contributed by atoms with E-state index in [1.165, 1.54) is 19.3 Å². The molecule has 1 aromatic heterocycles. The number of hydrogen-bond donors (Lipinski definition) is 4. The molecule has 0 amide bonds. The van der Waals surface area contributed by atoms with Crippen LogP contribution in [0.1, 0.15) is 65.6 Å². The lowest BCUT2D eigenvalue weighted by atomic mass is 9.45. The average Bonchev–Trinajstić information content (AvgIpc) is 3.43. The van der Waals surface area contributed by atoms with Crippen molar-refractivity contribution < 1.29 is 53.4 Å². The maximum Gasteiger partial charge on any atom is 0.336 e. The molecule has 1 aliphatic heterocycles. The molecule has 1 aromatic rings. The van der Waals surface area contributed by atoms with Gasteiger partial charge >= 0.3 is 11.9 Å². The second-order valence-corrected chi connectivity index (χ2v) is 12.8. The first kappa shape index (κ1) is 29.9. The number of aliphatic hydroxyl groups excluding tert-OH is 2. The molecule has 10 atom stereocenters. The molecule has 0 aromatic carbocycles. The SMILES string of the molecule is [CH][C@@H](c1ccco1)[C@@H](O)C(=O)OC1C[C@@]2(O)[C@@H](OC(C)=O)[C@@H]3[C@]4(O)CO[C@@H]4CC[C@@]3(C)C(=O)[C@H](O)C(=C1C)C2(C)C. The summed E-state index contributed by atoms with van der Waals surface area (Å²) in [5.41, 5.74) is -6.02. The van der Waals surface area contributed by atoms with Crippen LogP contribution in [0.4, 0.5) is 0 Å². The molecule has 41 heavy (non-hydrogen) atoms. The van der Waals surface area contributed by atoms with Crippen LogP contribution in [-0.2, 0) is 28.6 Å². The molecule has 1 saturated heterocycles. The Kier molecular flexibility index (Phi) is 7.10. The average molecular weight is 575 g/mol. The van der Waals surface area contributed by atoms with Crippen LogP contribution in [0.2, 0.25) is 0 Å². The quantitative estimate of drug-likeness (QED) is 0.294. The summed E-state index contributed by atoms with van der Waals surface area (Å²) in [5, 5.41) is 46.8. The second kappa shape index (κ2) is 9.74. The van der Waals surface area contributed by atoms with E-state index in [4.69, 9.17) is 25.6 Å². The number of esters is 2. The number of ketones is 1. The van der Waals surface area contributed by atoms with E-state index in [-0.39, 0.29) is 30.8 Å². The van der Waals surface area contributed by atoms with E-state index in [0.717, 1.165) is 0 Å². The van der Waals surface area contributed by atoms with E-state index in [0.29, 0.717) is 12.0 Å². The summed E-state index contributed by atoms with van der Waals surface area (Å²) < 4.78 is 22.3. The van der Waals surface area contributed by atoms with Crippen LogP contribution >= 0.6 is 0 Å². The minimum atomic E-state index is -2.05. The molecule has 224 valence electrons. The fourth-order valence-electron chi connectivity index (χ4n) is 7.81. The molecule has 2 heterocycles. The summed E-state index contributed by atoms with van der Waals surface area (Å²) in [5.74, 6) is -4.71. The number of hydrogen-bond acceptors (Lipinski definition) is 11. The number of rotatable bonds is 5. The van der Waals surface area contributed by atoms with E-state index >= 15 is 0 Å². The highest BCUT2D eigenvalue weighted by molar-refractivity contribution is 5.93. The van der Waals surface area contributed by atoms with Crippen molar-refractivity contribution in [3.63, 3.8) is 0 Å². The summed E-state index contributed by atoms with van der Waals surface area (Å²) in [4.78, 5) is 39.8. The normalized spacial score (nSPS) is 41.1. The fraction of sp³-hybridized carbons (Fsp3) is 0.667. The Bertz CT molecular complexity index is 1270. The summed E-state index contributed by atoms with van der Waals surface area (Å²) in [6.07, 6.45) is -5.33. The van der Waals surface area contributed by atoms with Gasteiger partial charge in [0.2, 0.25) is 0 Å². The van der Waals surface area contributed by atoms with Gasteiger partial charge in [-0.2, -0.15) is 0 Å². The Hall–Kier alpha value is -2.57. The van der Waals surface area contributed by atoms with Gasteiger partial charge in [0.1, 0.15) is 35.3 Å². The standard InChI is InChI=1S/C30H38O11/c1-14-18(41-26(35)21(32)15(2)17-8-7-11-38-17)12-30(37)25(40-16(3)31)23-28(6,10-9-19-29(23,36)13-39-19)24(34)22(33)20(14)27(30,4)5/h2,7-8,11,15,18-19,21-23,25,32-33,36-37H,9-10,12-13H2,1,3-6H3/t15-,18?,19+,21+,22+,23-,25-,28+,29-,30+/m0/s1. The first-order valence-corrected chi connectivity index (χ1v) is 13.9. The van der Waals surface area contributed by atoms with Crippen LogP contribution in [0.25, 0.3) is 0 Å². The predicted molar refractivity (Wildman–Crippen MR) is 140 cm³/mol. The maximum atomic E-state index is 14.2. The zero-order chi connectivity index (χ0) is 30.3. The van der Waals surface area contributed by atoms with Gasteiger partial charge in [0.25, 0.3) is 0 Å². The largest absolute Gasteiger partial charge is 0.469 e. The van der Waals surface area contributed by atoms with Crippen LogP contribution in [0, 0.1) is 23.7 Å². The van der Waals surface area contributed by atoms with Crippen LogP contribution in [-0.4, -0.2) is 86.5 Å². The van der Waals surface area contributed by atoms with Crippen molar-refractivity contribution in [2.45, 2.75) is 102 Å². The zero-order valence-electron chi connectivity index (χ0n) is 23.8. The van der Waals surface area contributed by atoms with Crippen molar-refractivity contribution in [1.29, 1.82) is 0 Å². The van der Waals surface area contributed by atoms with Crippen molar-refractivity contribution in [3.8, 4) is 0 Å². The predicted octanol–water partition coefficient (Wildman–Crippen LogP) is 1.25. The van der Waals surface area contributed by atoms with Gasteiger partial charge in [-0.25, -0.2) is 4.79 Å². The molecule has 3 aliphatic carbocycles. The maximum absolute atomic E-state index is 14.2. The summed E-state index contributed by atoms with van der Waals surface area (Å²) in [6, 6.07) is 3.04. The Labute approximate surface area is 238 Å². The smallest absolute Gasteiger partial charge is 0.336 e. The number of fused-ring (bicyclic) bond motifs is 5.